The number of carbonyl (C=O) groups excluding carboxylic acids is 2. The van der Waals surface area contributed by atoms with Gasteiger partial charge in [-0.3, -0.25) is 14.5 Å². The summed E-state index contributed by atoms with van der Waals surface area (Å²) < 4.78 is 19.9. The summed E-state index contributed by atoms with van der Waals surface area (Å²) in [6.45, 7) is 4.24. The van der Waals surface area contributed by atoms with Gasteiger partial charge in [-0.25, -0.2) is 4.39 Å². The summed E-state index contributed by atoms with van der Waals surface area (Å²) in [4.78, 5) is 27.2. The highest BCUT2D eigenvalue weighted by Crippen LogP contribution is 2.58. The number of carbonyl (C=O) groups is 2. The van der Waals surface area contributed by atoms with Gasteiger partial charge in [-0.15, -0.1) is 0 Å². The smallest absolute Gasteiger partial charge is 0.233 e. The quantitative estimate of drug-likeness (QED) is 0.771. The molecule has 28 heavy (non-hydrogen) atoms. The first kappa shape index (κ1) is 19.3. The number of hydrogen-bond acceptors (Lipinski definition) is 5. The zero-order valence-corrected chi connectivity index (χ0v) is 16.1. The van der Waals surface area contributed by atoms with Gasteiger partial charge in [-0.2, -0.15) is 0 Å². The second-order valence-corrected chi connectivity index (χ2v) is 8.21. The highest BCUT2D eigenvalue weighted by molar-refractivity contribution is 6.05. The van der Waals surface area contributed by atoms with Crippen molar-refractivity contribution >= 4 is 11.8 Å². The molecule has 1 aromatic rings. The number of ether oxygens (including phenoxy) is 1. The van der Waals surface area contributed by atoms with Gasteiger partial charge in [0.1, 0.15) is 0 Å². The summed E-state index contributed by atoms with van der Waals surface area (Å²) in [6, 6.07) is 4.02. The largest absolute Gasteiger partial charge is 0.505 e. The number of nitrogens with zero attached hydrogens (tertiary/aromatic N) is 1. The molecule has 3 aliphatic rings. The number of aromatic hydroxyl groups is 1. The van der Waals surface area contributed by atoms with E-state index in [2.05, 4.69) is 0 Å². The van der Waals surface area contributed by atoms with Crippen LogP contribution < -0.4 is 0 Å². The standard InChI is InChI=1S/C21H26FNO5/c1-3-7-23-19(25)13-9-12(4-2)21(27)14(18(13)20(23)26)10-17(28-21)11-5-6-16(24)15(22)8-11/h5-6,8,12-14,17-18,24,27H,3-4,7,9-10H2,1-2H3/t12-,13-,14-,17-,18-,21+/m0/s1. The Morgan fingerprint density at radius 1 is 1.25 bits per heavy atom. The minimum Gasteiger partial charge on any atom is -0.505 e. The monoisotopic (exact) mass is 391 g/mol. The van der Waals surface area contributed by atoms with E-state index in [1.54, 1.807) is 6.07 Å². The van der Waals surface area contributed by atoms with Crippen molar-refractivity contribution in [2.24, 2.45) is 23.7 Å². The van der Waals surface area contributed by atoms with Crippen molar-refractivity contribution in [2.45, 2.75) is 51.4 Å². The Balaban J connectivity index is 1.69. The molecule has 2 saturated heterocycles. The van der Waals surface area contributed by atoms with Gasteiger partial charge in [-0.1, -0.05) is 19.9 Å². The Kier molecular flexibility index (Phi) is 4.70. The molecule has 4 rings (SSSR count). The number of likely N-dealkylation sites (tertiary alicyclic amines) is 1. The summed E-state index contributed by atoms with van der Waals surface area (Å²) in [5, 5.41) is 20.9. The van der Waals surface area contributed by atoms with Crippen molar-refractivity contribution in [1.29, 1.82) is 0 Å². The van der Waals surface area contributed by atoms with Crippen LogP contribution in [0.4, 0.5) is 4.39 Å². The zero-order chi connectivity index (χ0) is 20.2. The molecule has 2 aliphatic heterocycles. The van der Waals surface area contributed by atoms with Gasteiger partial charge in [0.2, 0.25) is 11.8 Å². The first-order valence-electron chi connectivity index (χ1n) is 10.1. The minimum atomic E-state index is -1.52. The number of fused-ring (bicyclic) bond motifs is 3. The van der Waals surface area contributed by atoms with Crippen LogP contribution in [0.15, 0.2) is 18.2 Å². The van der Waals surface area contributed by atoms with Crippen molar-refractivity contribution in [2.75, 3.05) is 6.54 Å². The molecule has 6 atom stereocenters. The van der Waals surface area contributed by atoms with Crippen LogP contribution >= 0.6 is 0 Å². The van der Waals surface area contributed by atoms with Gasteiger partial charge >= 0.3 is 0 Å². The van der Waals surface area contributed by atoms with Gasteiger partial charge in [0, 0.05) is 18.4 Å². The van der Waals surface area contributed by atoms with E-state index in [4.69, 9.17) is 4.74 Å². The Hall–Kier alpha value is -1.99. The summed E-state index contributed by atoms with van der Waals surface area (Å²) >= 11 is 0. The molecule has 2 heterocycles. The Labute approximate surface area is 163 Å². The number of halogens is 1. The van der Waals surface area contributed by atoms with Crippen LogP contribution in [0.25, 0.3) is 0 Å². The molecule has 0 aromatic heterocycles. The third kappa shape index (κ3) is 2.67. The van der Waals surface area contributed by atoms with Gasteiger partial charge < -0.3 is 14.9 Å². The van der Waals surface area contributed by atoms with Crippen LogP contribution in [0, 0.1) is 29.5 Å². The maximum atomic E-state index is 13.8. The summed E-state index contributed by atoms with van der Waals surface area (Å²) in [6.07, 6.45) is 1.45. The van der Waals surface area contributed by atoms with Crippen LogP contribution in [0.3, 0.4) is 0 Å². The lowest BCUT2D eigenvalue weighted by atomic mass is 9.64. The first-order chi connectivity index (χ1) is 13.3. The average molecular weight is 391 g/mol. The predicted octanol–water partition coefficient (Wildman–Crippen LogP) is 2.74. The van der Waals surface area contributed by atoms with Crippen molar-refractivity contribution in [3.8, 4) is 5.75 Å². The molecule has 0 unspecified atom stereocenters. The molecule has 0 bridgehead atoms. The van der Waals surface area contributed by atoms with Crippen molar-refractivity contribution in [1.82, 2.24) is 4.90 Å². The lowest BCUT2D eigenvalue weighted by molar-refractivity contribution is -0.269. The molecule has 2 N–H and O–H groups in total. The molecule has 1 aromatic carbocycles. The average Bonchev–Trinajstić information content (AvgIpc) is 3.13. The van der Waals surface area contributed by atoms with Gasteiger partial charge in [0.25, 0.3) is 0 Å². The first-order valence-corrected chi connectivity index (χ1v) is 10.1. The predicted molar refractivity (Wildman–Crippen MR) is 97.3 cm³/mol. The maximum absolute atomic E-state index is 13.8. The van der Waals surface area contributed by atoms with E-state index in [0.29, 0.717) is 37.8 Å². The molecule has 3 fully saturated rings. The molecule has 152 valence electrons. The Bertz CT molecular complexity index is 814. The molecular weight excluding hydrogens is 365 g/mol. The second-order valence-electron chi connectivity index (χ2n) is 8.21. The Morgan fingerprint density at radius 3 is 2.64 bits per heavy atom. The maximum Gasteiger partial charge on any atom is 0.233 e. The highest BCUT2D eigenvalue weighted by atomic mass is 19.1. The molecule has 0 radical (unpaired) electrons. The third-order valence-electron chi connectivity index (χ3n) is 6.74. The van der Waals surface area contributed by atoms with E-state index in [-0.39, 0.29) is 17.7 Å². The van der Waals surface area contributed by atoms with E-state index in [9.17, 15) is 24.2 Å². The minimum absolute atomic E-state index is 0.142. The number of benzene rings is 1. The number of aliphatic hydroxyl groups is 1. The fraction of sp³-hybridized carbons (Fsp3) is 0.619. The van der Waals surface area contributed by atoms with Crippen LogP contribution in [-0.4, -0.2) is 39.3 Å². The van der Waals surface area contributed by atoms with Gasteiger partial charge in [-0.05, 0) is 43.4 Å². The number of rotatable bonds is 4. The topological polar surface area (TPSA) is 87.1 Å². The van der Waals surface area contributed by atoms with Gasteiger partial charge in [0.15, 0.2) is 17.4 Å². The molecule has 1 saturated carbocycles. The Morgan fingerprint density at radius 2 is 2.00 bits per heavy atom. The third-order valence-corrected chi connectivity index (χ3v) is 6.74. The number of hydrogen-bond donors (Lipinski definition) is 2. The van der Waals surface area contributed by atoms with Crippen LogP contribution in [-0.2, 0) is 14.3 Å². The van der Waals surface area contributed by atoms with E-state index >= 15 is 0 Å². The molecular formula is C21H26FNO5. The molecule has 0 spiro atoms. The van der Waals surface area contributed by atoms with Crippen molar-refractivity contribution < 1.29 is 28.9 Å². The molecule has 1 aliphatic carbocycles. The summed E-state index contributed by atoms with van der Waals surface area (Å²) in [5.41, 5.74) is 0.506. The molecule has 7 heteroatoms. The van der Waals surface area contributed by atoms with E-state index in [0.717, 1.165) is 0 Å². The normalized spacial score (nSPS) is 37.3. The highest BCUT2D eigenvalue weighted by Gasteiger charge is 2.66. The number of imide groups is 1. The van der Waals surface area contributed by atoms with Gasteiger partial charge in [0.05, 0.1) is 17.9 Å². The SMILES string of the molecule is CCCN1C(=O)[C@H]2[C@H](C[C@H](CC)[C@@]3(O)O[C@H](c4ccc(O)c(F)c4)C[C@@H]23)C1=O. The van der Waals surface area contributed by atoms with E-state index in [1.165, 1.54) is 17.0 Å². The van der Waals surface area contributed by atoms with Crippen LogP contribution in [0.1, 0.15) is 51.2 Å². The zero-order valence-electron chi connectivity index (χ0n) is 16.1. The number of amides is 2. The van der Waals surface area contributed by atoms with E-state index in [1.807, 2.05) is 13.8 Å². The van der Waals surface area contributed by atoms with Crippen molar-refractivity contribution in [3.63, 3.8) is 0 Å². The van der Waals surface area contributed by atoms with Crippen molar-refractivity contribution in [3.05, 3.63) is 29.6 Å². The summed E-state index contributed by atoms with van der Waals surface area (Å²) in [5.74, 6) is -4.90. The molecule has 2 amide bonds. The molecule has 6 nitrogen and oxygen atoms in total. The second kappa shape index (κ2) is 6.81. The fourth-order valence-electron chi connectivity index (χ4n) is 5.39. The fourth-order valence-corrected chi connectivity index (χ4v) is 5.39. The lowest BCUT2D eigenvalue weighted by Crippen LogP contribution is -2.53. The van der Waals surface area contributed by atoms with Crippen LogP contribution in [0.5, 0.6) is 5.75 Å². The summed E-state index contributed by atoms with van der Waals surface area (Å²) in [7, 11) is 0. The number of phenols is 1. The van der Waals surface area contributed by atoms with Crippen LogP contribution in [0.2, 0.25) is 0 Å². The lowest BCUT2D eigenvalue weighted by Gasteiger charge is -2.44. The van der Waals surface area contributed by atoms with E-state index < -0.39 is 41.2 Å². The number of phenolic OH excluding ortho intramolecular Hbond substituents is 1.